The summed E-state index contributed by atoms with van der Waals surface area (Å²) in [5.74, 6) is 0.396. The molecule has 0 radical (unpaired) electrons. The van der Waals surface area contributed by atoms with E-state index in [4.69, 9.17) is 4.74 Å². The Hall–Kier alpha value is -3.16. The topological polar surface area (TPSA) is 66.9 Å². The Bertz CT molecular complexity index is 1270. The fourth-order valence-corrected chi connectivity index (χ4v) is 5.99. The Labute approximate surface area is 201 Å². The van der Waals surface area contributed by atoms with E-state index in [0.29, 0.717) is 12.2 Å². The molecule has 0 saturated heterocycles. The first-order valence-electron chi connectivity index (χ1n) is 11.4. The predicted octanol–water partition coefficient (Wildman–Crippen LogP) is 4.21. The van der Waals surface area contributed by atoms with Crippen LogP contribution in [0.1, 0.15) is 23.6 Å². The molecule has 1 heterocycles. The summed E-state index contributed by atoms with van der Waals surface area (Å²) in [6, 6.07) is 22.3. The number of carbonyl (C=O) groups is 1. The smallest absolute Gasteiger partial charge is 0.243 e. The van der Waals surface area contributed by atoms with Gasteiger partial charge in [0, 0.05) is 18.3 Å². The molecule has 3 aromatic rings. The van der Waals surface area contributed by atoms with Crippen LogP contribution in [-0.2, 0) is 27.7 Å². The van der Waals surface area contributed by atoms with Crippen LogP contribution in [0.25, 0.3) is 0 Å². The van der Waals surface area contributed by atoms with Crippen LogP contribution in [0.15, 0.2) is 77.7 Å². The Balaban J connectivity index is 1.64. The molecular formula is C27H30N2O4S. The number of rotatable bonds is 8. The number of sulfonamides is 1. The van der Waals surface area contributed by atoms with Gasteiger partial charge in [0.1, 0.15) is 5.75 Å². The fraction of sp³-hybridized carbons (Fsp3) is 0.296. The number of benzene rings is 3. The van der Waals surface area contributed by atoms with Crippen LogP contribution in [0.5, 0.6) is 5.75 Å². The lowest BCUT2D eigenvalue weighted by Gasteiger charge is -2.28. The zero-order chi connectivity index (χ0) is 24.3. The first-order valence-corrected chi connectivity index (χ1v) is 12.8. The van der Waals surface area contributed by atoms with Crippen molar-refractivity contribution < 1.29 is 17.9 Å². The van der Waals surface area contributed by atoms with Crippen molar-refractivity contribution in [3.05, 3.63) is 89.5 Å². The van der Waals surface area contributed by atoms with E-state index in [2.05, 4.69) is 0 Å². The molecule has 0 N–H and O–H groups in total. The number of nitrogens with zero attached hydrogens (tertiary/aromatic N) is 2. The lowest BCUT2D eigenvalue weighted by Crippen LogP contribution is -2.45. The van der Waals surface area contributed by atoms with Crippen LogP contribution in [0.2, 0.25) is 0 Å². The molecule has 0 fully saturated rings. The van der Waals surface area contributed by atoms with Crippen LogP contribution < -0.4 is 9.64 Å². The van der Waals surface area contributed by atoms with Gasteiger partial charge in [-0.25, -0.2) is 8.42 Å². The van der Waals surface area contributed by atoms with Gasteiger partial charge in [-0.3, -0.25) is 4.79 Å². The number of carbonyl (C=O) groups excluding carboxylic acids is 1. The van der Waals surface area contributed by atoms with E-state index in [1.54, 1.807) is 31.1 Å². The van der Waals surface area contributed by atoms with Gasteiger partial charge in [0.05, 0.1) is 18.6 Å². The van der Waals surface area contributed by atoms with Crippen molar-refractivity contribution >= 4 is 21.6 Å². The molecule has 178 valence electrons. The van der Waals surface area contributed by atoms with E-state index >= 15 is 0 Å². The highest BCUT2D eigenvalue weighted by Gasteiger charge is 2.34. The van der Waals surface area contributed by atoms with Crippen molar-refractivity contribution in [1.29, 1.82) is 0 Å². The average Bonchev–Trinajstić information content (AvgIpc) is 3.17. The molecule has 0 saturated carbocycles. The highest BCUT2D eigenvalue weighted by atomic mass is 32.2. The first-order chi connectivity index (χ1) is 16.3. The van der Waals surface area contributed by atoms with Gasteiger partial charge in [-0.05, 0) is 67.6 Å². The molecule has 3 aromatic carbocycles. The van der Waals surface area contributed by atoms with Crippen LogP contribution >= 0.6 is 0 Å². The number of anilines is 1. The largest absolute Gasteiger partial charge is 0.496 e. The monoisotopic (exact) mass is 478 g/mol. The van der Waals surface area contributed by atoms with Crippen molar-refractivity contribution in [3.8, 4) is 5.75 Å². The lowest BCUT2D eigenvalue weighted by atomic mass is 10.1. The lowest BCUT2D eigenvalue weighted by molar-refractivity contribution is -0.119. The number of para-hydroxylation sites is 1. The predicted molar refractivity (Wildman–Crippen MR) is 134 cm³/mol. The number of fused-ring (bicyclic) bond motifs is 1. The van der Waals surface area contributed by atoms with Crippen molar-refractivity contribution in [1.82, 2.24) is 4.31 Å². The molecule has 1 amide bonds. The van der Waals surface area contributed by atoms with Crippen molar-refractivity contribution in [2.24, 2.45) is 0 Å². The summed E-state index contributed by atoms with van der Waals surface area (Å²) in [6.07, 6.45) is 1.27. The van der Waals surface area contributed by atoms with Crippen LogP contribution in [0, 0.1) is 6.92 Å². The minimum absolute atomic E-state index is 0.0215. The van der Waals surface area contributed by atoms with Gasteiger partial charge in [0.2, 0.25) is 15.9 Å². The molecule has 1 aliphatic rings. The molecule has 6 nitrogen and oxygen atoms in total. The number of hydrogen-bond acceptors (Lipinski definition) is 4. The third-order valence-electron chi connectivity index (χ3n) is 6.28. The number of aryl methyl sites for hydroxylation is 1. The molecule has 0 aromatic heterocycles. The van der Waals surface area contributed by atoms with E-state index in [0.717, 1.165) is 28.8 Å². The Morgan fingerprint density at radius 1 is 1.06 bits per heavy atom. The van der Waals surface area contributed by atoms with Crippen molar-refractivity contribution in [2.75, 3.05) is 25.1 Å². The number of hydrogen-bond donors (Lipinski definition) is 0. The van der Waals surface area contributed by atoms with Gasteiger partial charge in [-0.2, -0.15) is 4.31 Å². The highest BCUT2D eigenvalue weighted by Crippen LogP contribution is 2.32. The Morgan fingerprint density at radius 2 is 1.76 bits per heavy atom. The summed E-state index contributed by atoms with van der Waals surface area (Å²) in [5.41, 5.74) is 3.70. The van der Waals surface area contributed by atoms with E-state index in [-0.39, 0.29) is 29.9 Å². The molecule has 1 aliphatic heterocycles. The maximum Gasteiger partial charge on any atom is 0.243 e. The van der Waals surface area contributed by atoms with Crippen molar-refractivity contribution in [2.45, 2.75) is 37.6 Å². The molecule has 1 atom stereocenters. The number of ether oxygens (including phenoxy) is 1. The van der Waals surface area contributed by atoms with Crippen LogP contribution in [0.3, 0.4) is 0 Å². The SMILES string of the molecule is COc1ccc(S(=O)(=O)N(CCc2ccccc2)CC(=O)N2c3ccccc3C[C@H]2C)cc1C. The quantitative estimate of drug-likeness (QED) is 0.486. The Morgan fingerprint density at radius 3 is 2.47 bits per heavy atom. The minimum Gasteiger partial charge on any atom is -0.496 e. The second kappa shape index (κ2) is 9.99. The fourth-order valence-electron chi connectivity index (χ4n) is 4.52. The maximum absolute atomic E-state index is 13.7. The summed E-state index contributed by atoms with van der Waals surface area (Å²) in [7, 11) is -2.36. The molecule has 0 unspecified atom stereocenters. The van der Waals surface area contributed by atoms with Gasteiger partial charge in [0.25, 0.3) is 0 Å². The molecule has 34 heavy (non-hydrogen) atoms. The molecule has 0 aliphatic carbocycles. The summed E-state index contributed by atoms with van der Waals surface area (Å²) < 4.78 is 34.0. The van der Waals surface area contributed by atoms with Crippen LogP contribution in [0.4, 0.5) is 5.69 Å². The summed E-state index contributed by atoms with van der Waals surface area (Å²) in [4.78, 5) is 15.4. The molecule has 0 spiro atoms. The first kappa shape index (κ1) is 24.0. The molecule has 4 rings (SSSR count). The van der Waals surface area contributed by atoms with Crippen molar-refractivity contribution in [3.63, 3.8) is 0 Å². The maximum atomic E-state index is 13.7. The van der Waals surface area contributed by atoms with Gasteiger partial charge in [-0.15, -0.1) is 0 Å². The van der Waals surface area contributed by atoms with E-state index < -0.39 is 10.0 Å². The average molecular weight is 479 g/mol. The summed E-state index contributed by atoms with van der Waals surface area (Å²) in [5, 5.41) is 0. The summed E-state index contributed by atoms with van der Waals surface area (Å²) in [6.45, 7) is 3.78. The zero-order valence-electron chi connectivity index (χ0n) is 19.8. The third-order valence-corrected chi connectivity index (χ3v) is 8.13. The molecular weight excluding hydrogens is 448 g/mol. The van der Waals surface area contributed by atoms with E-state index in [9.17, 15) is 13.2 Å². The Kier molecular flexibility index (Phi) is 7.05. The van der Waals surface area contributed by atoms with Crippen LogP contribution in [-0.4, -0.2) is 44.9 Å². The highest BCUT2D eigenvalue weighted by molar-refractivity contribution is 7.89. The number of methoxy groups -OCH3 is 1. The van der Waals surface area contributed by atoms with E-state index in [1.165, 1.54) is 10.4 Å². The molecule has 0 bridgehead atoms. The minimum atomic E-state index is -3.91. The van der Waals surface area contributed by atoms with E-state index in [1.807, 2.05) is 61.5 Å². The van der Waals surface area contributed by atoms with Gasteiger partial charge >= 0.3 is 0 Å². The zero-order valence-corrected chi connectivity index (χ0v) is 20.6. The molecule has 7 heteroatoms. The normalized spacial score (nSPS) is 15.4. The van der Waals surface area contributed by atoms with Gasteiger partial charge < -0.3 is 9.64 Å². The summed E-state index contributed by atoms with van der Waals surface area (Å²) >= 11 is 0. The number of amides is 1. The standard InChI is InChI=1S/C27H30N2O4S/c1-20-17-24(13-14-26(20)33-3)34(31,32)28(16-15-22-9-5-4-6-10-22)19-27(30)29-21(2)18-23-11-7-8-12-25(23)29/h4-14,17,21H,15-16,18-19H2,1-3H3/t21-/m1/s1. The second-order valence-corrected chi connectivity index (χ2v) is 10.6. The van der Waals surface area contributed by atoms with Gasteiger partial charge in [-0.1, -0.05) is 48.5 Å². The third kappa shape index (κ3) is 4.86. The van der Waals surface area contributed by atoms with Gasteiger partial charge in [0.15, 0.2) is 0 Å². The second-order valence-electron chi connectivity index (χ2n) is 8.65.